The van der Waals surface area contributed by atoms with Gasteiger partial charge in [-0.1, -0.05) is 12.1 Å². The van der Waals surface area contributed by atoms with Crippen LogP contribution < -0.4 is 5.32 Å². The minimum absolute atomic E-state index is 0.194. The van der Waals surface area contributed by atoms with Crippen molar-refractivity contribution in [1.82, 2.24) is 15.1 Å². The van der Waals surface area contributed by atoms with Gasteiger partial charge in [0.15, 0.2) is 5.96 Å². The molecule has 0 aromatic heterocycles. The molecule has 0 unspecified atom stereocenters. The molecule has 1 aromatic rings. The number of likely N-dealkylation sites (N-methyl/N-ethyl adjacent to an activating group) is 1. The Morgan fingerprint density at radius 1 is 1.24 bits per heavy atom. The normalized spacial score (nSPS) is 15.9. The summed E-state index contributed by atoms with van der Waals surface area (Å²) in [7, 11) is 3.79. The van der Waals surface area contributed by atoms with Crippen LogP contribution in [-0.4, -0.2) is 82.0 Å². The first-order valence-electron chi connectivity index (χ1n) is 10.7. The molecule has 1 aliphatic rings. The molecule has 1 saturated heterocycles. The molecule has 6 nitrogen and oxygen atoms in total. The highest BCUT2D eigenvalue weighted by molar-refractivity contribution is 5.80. The fourth-order valence-corrected chi connectivity index (χ4v) is 3.42. The van der Waals surface area contributed by atoms with E-state index in [4.69, 9.17) is 14.5 Å². The van der Waals surface area contributed by atoms with Gasteiger partial charge in [-0.25, -0.2) is 4.39 Å². The van der Waals surface area contributed by atoms with Gasteiger partial charge in [0.2, 0.25) is 0 Å². The van der Waals surface area contributed by atoms with Crippen molar-refractivity contribution >= 4 is 5.96 Å². The summed E-state index contributed by atoms with van der Waals surface area (Å²) >= 11 is 0. The number of piperidine rings is 1. The van der Waals surface area contributed by atoms with Gasteiger partial charge < -0.3 is 24.6 Å². The number of guanidine groups is 1. The zero-order chi connectivity index (χ0) is 20.9. The number of rotatable bonds is 11. The number of nitrogens with one attached hydrogen (secondary N) is 1. The van der Waals surface area contributed by atoms with E-state index in [1.54, 1.807) is 7.11 Å². The van der Waals surface area contributed by atoms with Crippen LogP contribution in [0.25, 0.3) is 0 Å². The standard InChI is InChI=1S/C22H37FN4O2/c1-4-24-22(27-13-10-21(11-14-27)29-17-5-16-28-3)25-12-15-26(2)18-19-6-8-20(23)9-7-19/h6-9,21H,4-5,10-18H2,1-3H3,(H,24,25). The maximum Gasteiger partial charge on any atom is 0.193 e. The molecule has 2 rings (SSSR count). The number of benzene rings is 1. The molecule has 0 radical (unpaired) electrons. The van der Waals surface area contributed by atoms with Crippen LogP contribution in [0.5, 0.6) is 0 Å². The maximum atomic E-state index is 13.0. The second kappa shape index (κ2) is 13.5. The van der Waals surface area contributed by atoms with Gasteiger partial charge in [-0.05, 0) is 50.9 Å². The van der Waals surface area contributed by atoms with Crippen molar-refractivity contribution in [2.24, 2.45) is 4.99 Å². The zero-order valence-corrected chi connectivity index (χ0v) is 18.2. The van der Waals surface area contributed by atoms with Gasteiger partial charge in [-0.15, -0.1) is 0 Å². The van der Waals surface area contributed by atoms with Gasteiger partial charge in [-0.2, -0.15) is 0 Å². The third-order valence-electron chi connectivity index (χ3n) is 5.03. The summed E-state index contributed by atoms with van der Waals surface area (Å²) in [6, 6.07) is 6.69. The zero-order valence-electron chi connectivity index (χ0n) is 18.2. The summed E-state index contributed by atoms with van der Waals surface area (Å²) in [5, 5.41) is 3.42. The number of hydrogen-bond donors (Lipinski definition) is 1. The second-order valence-electron chi connectivity index (χ2n) is 7.50. The number of hydrogen-bond acceptors (Lipinski definition) is 4. The predicted octanol–water partition coefficient (Wildman–Crippen LogP) is 2.74. The molecule has 1 N–H and O–H groups in total. The van der Waals surface area contributed by atoms with E-state index in [0.29, 0.717) is 6.10 Å². The Bertz CT molecular complexity index is 589. The molecule has 0 aliphatic carbocycles. The van der Waals surface area contributed by atoms with E-state index in [2.05, 4.69) is 29.1 Å². The van der Waals surface area contributed by atoms with E-state index in [1.165, 1.54) is 12.1 Å². The minimum atomic E-state index is -0.194. The van der Waals surface area contributed by atoms with Crippen molar-refractivity contribution in [3.05, 3.63) is 35.6 Å². The van der Waals surface area contributed by atoms with Gasteiger partial charge in [0, 0.05) is 53.0 Å². The fraction of sp³-hybridized carbons (Fsp3) is 0.682. The molecular weight excluding hydrogens is 371 g/mol. The summed E-state index contributed by atoms with van der Waals surface area (Å²) in [4.78, 5) is 9.36. The average Bonchev–Trinajstić information content (AvgIpc) is 2.73. The van der Waals surface area contributed by atoms with Gasteiger partial charge >= 0.3 is 0 Å². The first-order chi connectivity index (χ1) is 14.1. The van der Waals surface area contributed by atoms with E-state index < -0.39 is 0 Å². The number of aliphatic imine (C=N–C) groups is 1. The Labute approximate surface area is 175 Å². The average molecular weight is 409 g/mol. The Morgan fingerprint density at radius 3 is 2.62 bits per heavy atom. The van der Waals surface area contributed by atoms with Crippen molar-refractivity contribution in [2.45, 2.75) is 38.8 Å². The molecule has 0 saturated carbocycles. The summed E-state index contributed by atoms with van der Waals surface area (Å²) in [5.74, 6) is 0.793. The molecular formula is C22H37FN4O2. The van der Waals surface area contributed by atoms with Crippen LogP contribution in [0.2, 0.25) is 0 Å². The monoisotopic (exact) mass is 408 g/mol. The van der Waals surface area contributed by atoms with Crippen LogP contribution in [-0.2, 0) is 16.0 Å². The highest BCUT2D eigenvalue weighted by atomic mass is 19.1. The van der Waals surface area contributed by atoms with E-state index in [-0.39, 0.29) is 5.82 Å². The van der Waals surface area contributed by atoms with Crippen molar-refractivity contribution in [3.8, 4) is 0 Å². The fourth-order valence-electron chi connectivity index (χ4n) is 3.42. The first-order valence-corrected chi connectivity index (χ1v) is 10.7. The van der Waals surface area contributed by atoms with Crippen LogP contribution in [0.1, 0.15) is 31.7 Å². The van der Waals surface area contributed by atoms with Crippen molar-refractivity contribution < 1.29 is 13.9 Å². The molecule has 1 heterocycles. The smallest absolute Gasteiger partial charge is 0.193 e. The quantitative estimate of drug-likeness (QED) is 0.347. The Balaban J connectivity index is 1.74. The largest absolute Gasteiger partial charge is 0.385 e. The van der Waals surface area contributed by atoms with Crippen LogP contribution in [0, 0.1) is 5.82 Å². The molecule has 1 aromatic carbocycles. The van der Waals surface area contributed by atoms with E-state index in [1.807, 2.05) is 12.1 Å². The first kappa shape index (κ1) is 23.6. The van der Waals surface area contributed by atoms with E-state index in [9.17, 15) is 4.39 Å². The lowest BCUT2D eigenvalue weighted by Crippen LogP contribution is -2.47. The molecule has 7 heteroatoms. The van der Waals surface area contributed by atoms with Crippen LogP contribution in [0.4, 0.5) is 4.39 Å². The highest BCUT2D eigenvalue weighted by Crippen LogP contribution is 2.14. The maximum absolute atomic E-state index is 13.0. The third kappa shape index (κ3) is 9.10. The molecule has 1 fully saturated rings. The summed E-state index contributed by atoms with van der Waals surface area (Å²) in [6.45, 7) is 8.79. The van der Waals surface area contributed by atoms with Gasteiger partial charge in [0.1, 0.15) is 5.82 Å². The number of nitrogens with zero attached hydrogens (tertiary/aromatic N) is 3. The number of ether oxygens (including phenoxy) is 2. The van der Waals surface area contributed by atoms with Crippen molar-refractivity contribution in [3.63, 3.8) is 0 Å². The Hall–Kier alpha value is -1.70. The topological polar surface area (TPSA) is 49.3 Å². The number of likely N-dealkylation sites (tertiary alicyclic amines) is 1. The highest BCUT2D eigenvalue weighted by Gasteiger charge is 2.21. The van der Waals surface area contributed by atoms with Crippen LogP contribution >= 0.6 is 0 Å². The molecule has 29 heavy (non-hydrogen) atoms. The minimum Gasteiger partial charge on any atom is -0.385 e. The lowest BCUT2D eigenvalue weighted by molar-refractivity contribution is 0.00990. The van der Waals surface area contributed by atoms with Crippen LogP contribution in [0.3, 0.4) is 0 Å². The summed E-state index contributed by atoms with van der Waals surface area (Å²) in [5.41, 5.74) is 1.11. The Morgan fingerprint density at radius 2 is 1.97 bits per heavy atom. The van der Waals surface area contributed by atoms with Crippen molar-refractivity contribution in [1.29, 1.82) is 0 Å². The van der Waals surface area contributed by atoms with E-state index in [0.717, 1.165) is 83.3 Å². The predicted molar refractivity (Wildman–Crippen MR) is 116 cm³/mol. The molecule has 0 spiro atoms. The molecule has 1 aliphatic heterocycles. The molecule has 0 bridgehead atoms. The van der Waals surface area contributed by atoms with E-state index >= 15 is 0 Å². The van der Waals surface area contributed by atoms with Gasteiger partial charge in [0.25, 0.3) is 0 Å². The second-order valence-corrected chi connectivity index (χ2v) is 7.50. The molecule has 0 atom stereocenters. The number of halogens is 1. The Kier molecular flexibility index (Phi) is 11.0. The van der Waals surface area contributed by atoms with Gasteiger partial charge in [-0.3, -0.25) is 4.99 Å². The van der Waals surface area contributed by atoms with Crippen molar-refractivity contribution in [2.75, 3.05) is 60.1 Å². The van der Waals surface area contributed by atoms with Crippen LogP contribution in [0.15, 0.2) is 29.3 Å². The third-order valence-corrected chi connectivity index (χ3v) is 5.03. The summed E-state index contributed by atoms with van der Waals surface area (Å²) < 4.78 is 24.0. The number of methoxy groups -OCH3 is 1. The lowest BCUT2D eigenvalue weighted by Gasteiger charge is -2.34. The lowest BCUT2D eigenvalue weighted by atomic mass is 10.1. The summed E-state index contributed by atoms with van der Waals surface area (Å²) in [6.07, 6.45) is 3.35. The molecule has 0 amide bonds. The molecule has 164 valence electrons. The SMILES string of the molecule is CCNC(=NCCN(C)Cc1ccc(F)cc1)N1CCC(OCCCOC)CC1. The van der Waals surface area contributed by atoms with Gasteiger partial charge in [0.05, 0.1) is 12.6 Å².